The minimum atomic E-state index is -0.941. The molecule has 2 aromatic carbocycles. The van der Waals surface area contributed by atoms with Crippen LogP contribution < -0.4 is 5.32 Å². The summed E-state index contributed by atoms with van der Waals surface area (Å²) in [7, 11) is 0. The first-order valence-corrected chi connectivity index (χ1v) is 7.97. The molecule has 0 atom stereocenters. The molecular weight excluding hydrogens is 298 g/mol. The van der Waals surface area contributed by atoms with E-state index in [1.165, 1.54) is 11.8 Å². The Morgan fingerprint density at radius 3 is 2.64 bits per heavy atom. The molecule has 0 saturated carbocycles. The Balaban J connectivity index is 1.83. The maximum Gasteiger partial charge on any atom is 0.335 e. The zero-order valence-corrected chi connectivity index (χ0v) is 13.0. The van der Waals surface area contributed by atoms with Gasteiger partial charge in [0.2, 0.25) is 5.91 Å². The third kappa shape index (κ3) is 4.63. The van der Waals surface area contributed by atoms with Gasteiger partial charge in [-0.3, -0.25) is 4.79 Å². The van der Waals surface area contributed by atoms with Crippen LogP contribution in [0.25, 0.3) is 0 Å². The van der Waals surface area contributed by atoms with Crippen LogP contribution in [0.4, 0.5) is 5.69 Å². The molecule has 1 amide bonds. The van der Waals surface area contributed by atoms with E-state index in [1.54, 1.807) is 18.2 Å². The highest BCUT2D eigenvalue weighted by Crippen LogP contribution is 2.16. The topological polar surface area (TPSA) is 66.4 Å². The lowest BCUT2D eigenvalue weighted by Gasteiger charge is -2.08. The Morgan fingerprint density at radius 1 is 1.14 bits per heavy atom. The second kappa shape index (κ2) is 7.66. The summed E-state index contributed by atoms with van der Waals surface area (Å²) in [6.45, 7) is 1.94. The van der Waals surface area contributed by atoms with E-state index >= 15 is 0 Å². The molecule has 2 aromatic rings. The average molecular weight is 315 g/mol. The maximum atomic E-state index is 11.9. The van der Waals surface area contributed by atoms with E-state index < -0.39 is 5.97 Å². The van der Waals surface area contributed by atoms with Gasteiger partial charge in [-0.2, -0.15) is 0 Å². The molecule has 0 aliphatic carbocycles. The van der Waals surface area contributed by atoms with Crippen molar-refractivity contribution >= 4 is 29.3 Å². The van der Waals surface area contributed by atoms with E-state index in [0.717, 1.165) is 16.8 Å². The molecule has 0 fully saturated rings. The number of carboxylic acid groups (broad SMARTS) is 1. The zero-order valence-electron chi connectivity index (χ0n) is 12.2. The standard InChI is InChI=1S/C17H17NO3S/c1-12-5-2-3-8-15(12)18-16(19)11-22-10-13-6-4-7-14(9-13)17(20)21/h2-9H,10-11H2,1H3,(H,18,19)(H,20,21). The van der Waals surface area contributed by atoms with Crippen molar-refractivity contribution in [1.82, 2.24) is 0 Å². The zero-order chi connectivity index (χ0) is 15.9. The number of aryl methyl sites for hydroxylation is 1. The molecule has 0 aliphatic heterocycles. The first-order chi connectivity index (χ1) is 10.6. The van der Waals surface area contributed by atoms with Crippen LogP contribution in [-0.2, 0) is 10.5 Å². The molecular formula is C17H17NO3S. The number of aromatic carboxylic acids is 1. The van der Waals surface area contributed by atoms with Crippen LogP contribution in [0.2, 0.25) is 0 Å². The van der Waals surface area contributed by atoms with Crippen molar-refractivity contribution in [2.75, 3.05) is 11.1 Å². The summed E-state index contributed by atoms with van der Waals surface area (Å²) >= 11 is 1.46. The van der Waals surface area contributed by atoms with Crippen LogP contribution in [0, 0.1) is 6.92 Å². The first-order valence-electron chi connectivity index (χ1n) is 6.82. The summed E-state index contributed by atoms with van der Waals surface area (Å²) in [6.07, 6.45) is 0. The van der Waals surface area contributed by atoms with Crippen molar-refractivity contribution in [3.63, 3.8) is 0 Å². The summed E-state index contributed by atoms with van der Waals surface area (Å²) in [4.78, 5) is 22.8. The summed E-state index contributed by atoms with van der Waals surface area (Å²) in [6, 6.07) is 14.4. The quantitative estimate of drug-likeness (QED) is 0.855. The fourth-order valence-electron chi connectivity index (χ4n) is 1.96. The predicted octanol–water partition coefficient (Wildman–Crippen LogP) is 3.57. The SMILES string of the molecule is Cc1ccccc1NC(=O)CSCc1cccc(C(=O)O)c1. The van der Waals surface area contributed by atoms with E-state index in [0.29, 0.717) is 11.5 Å². The Kier molecular flexibility index (Phi) is 5.61. The number of anilines is 1. The van der Waals surface area contributed by atoms with E-state index in [2.05, 4.69) is 5.32 Å². The van der Waals surface area contributed by atoms with E-state index in [4.69, 9.17) is 5.11 Å². The number of rotatable bonds is 6. The van der Waals surface area contributed by atoms with Crippen molar-refractivity contribution in [1.29, 1.82) is 0 Å². The number of benzene rings is 2. The molecule has 0 radical (unpaired) electrons. The van der Waals surface area contributed by atoms with Crippen LogP contribution in [0.3, 0.4) is 0 Å². The highest BCUT2D eigenvalue weighted by Gasteiger charge is 2.06. The lowest BCUT2D eigenvalue weighted by Crippen LogP contribution is -2.14. The minimum absolute atomic E-state index is 0.0614. The van der Waals surface area contributed by atoms with Gasteiger partial charge in [0.1, 0.15) is 0 Å². The molecule has 4 nitrogen and oxygen atoms in total. The van der Waals surface area contributed by atoms with Gasteiger partial charge in [0.25, 0.3) is 0 Å². The van der Waals surface area contributed by atoms with Gasteiger partial charge in [-0.05, 0) is 36.2 Å². The first kappa shape index (κ1) is 16.1. The van der Waals surface area contributed by atoms with Crippen molar-refractivity contribution in [3.05, 3.63) is 65.2 Å². The summed E-state index contributed by atoms with van der Waals surface area (Å²) in [5.41, 5.74) is 3.01. The molecule has 0 aromatic heterocycles. The predicted molar refractivity (Wildman–Crippen MR) is 89.4 cm³/mol. The fourth-order valence-corrected chi connectivity index (χ4v) is 2.73. The molecule has 2 N–H and O–H groups in total. The Bertz CT molecular complexity index is 685. The van der Waals surface area contributed by atoms with Gasteiger partial charge in [-0.1, -0.05) is 30.3 Å². The van der Waals surface area contributed by atoms with Crippen LogP contribution in [0.5, 0.6) is 0 Å². The van der Waals surface area contributed by atoms with Crippen molar-refractivity contribution in [2.45, 2.75) is 12.7 Å². The number of carbonyl (C=O) groups is 2. The van der Waals surface area contributed by atoms with Gasteiger partial charge in [0.05, 0.1) is 11.3 Å². The van der Waals surface area contributed by atoms with Gasteiger partial charge in [0, 0.05) is 11.4 Å². The van der Waals surface area contributed by atoms with E-state index in [9.17, 15) is 9.59 Å². The number of amides is 1. The number of nitrogens with one attached hydrogen (secondary N) is 1. The molecule has 0 unspecified atom stereocenters. The van der Waals surface area contributed by atoms with Gasteiger partial charge in [0.15, 0.2) is 0 Å². The second-order valence-electron chi connectivity index (χ2n) is 4.86. The number of hydrogen-bond donors (Lipinski definition) is 2. The second-order valence-corrected chi connectivity index (χ2v) is 5.85. The largest absolute Gasteiger partial charge is 0.478 e. The molecule has 5 heteroatoms. The van der Waals surface area contributed by atoms with Crippen LogP contribution in [0.15, 0.2) is 48.5 Å². The van der Waals surface area contributed by atoms with Gasteiger partial charge in [-0.15, -0.1) is 11.8 Å². The third-order valence-electron chi connectivity index (χ3n) is 3.09. The lowest BCUT2D eigenvalue weighted by atomic mass is 10.1. The van der Waals surface area contributed by atoms with Crippen molar-refractivity contribution in [3.8, 4) is 0 Å². The molecule has 0 bridgehead atoms. The molecule has 0 heterocycles. The Morgan fingerprint density at radius 2 is 1.91 bits per heavy atom. The summed E-state index contributed by atoms with van der Waals surface area (Å²) in [5.74, 6) is -0.0775. The van der Waals surface area contributed by atoms with Crippen molar-refractivity contribution in [2.24, 2.45) is 0 Å². The highest BCUT2D eigenvalue weighted by atomic mass is 32.2. The van der Waals surface area contributed by atoms with Gasteiger partial charge in [-0.25, -0.2) is 4.79 Å². The lowest BCUT2D eigenvalue weighted by molar-refractivity contribution is -0.113. The molecule has 2 rings (SSSR count). The number of thioether (sulfide) groups is 1. The number of para-hydroxylation sites is 1. The Labute approximate surface area is 133 Å². The highest BCUT2D eigenvalue weighted by molar-refractivity contribution is 7.99. The van der Waals surface area contributed by atoms with Crippen LogP contribution in [-0.4, -0.2) is 22.7 Å². The normalized spacial score (nSPS) is 10.2. The van der Waals surface area contributed by atoms with Crippen LogP contribution in [0.1, 0.15) is 21.5 Å². The summed E-state index contributed by atoms with van der Waals surface area (Å²) < 4.78 is 0. The molecule has 0 aliphatic rings. The van der Waals surface area contributed by atoms with Gasteiger partial charge >= 0.3 is 5.97 Å². The maximum absolute atomic E-state index is 11.9. The third-order valence-corrected chi connectivity index (χ3v) is 4.10. The minimum Gasteiger partial charge on any atom is -0.478 e. The number of carboxylic acids is 1. The molecule has 0 saturated heterocycles. The van der Waals surface area contributed by atoms with E-state index in [-0.39, 0.29) is 11.5 Å². The van der Waals surface area contributed by atoms with Gasteiger partial charge < -0.3 is 10.4 Å². The summed E-state index contributed by atoms with van der Waals surface area (Å²) in [5, 5.41) is 11.8. The Hall–Kier alpha value is -2.27. The van der Waals surface area contributed by atoms with Crippen LogP contribution >= 0.6 is 11.8 Å². The van der Waals surface area contributed by atoms with Crippen molar-refractivity contribution < 1.29 is 14.7 Å². The fraction of sp³-hybridized carbons (Fsp3) is 0.176. The smallest absolute Gasteiger partial charge is 0.335 e. The molecule has 0 spiro atoms. The van der Waals surface area contributed by atoms with E-state index in [1.807, 2.05) is 37.3 Å². The molecule has 22 heavy (non-hydrogen) atoms. The monoisotopic (exact) mass is 315 g/mol. The molecule has 114 valence electrons. The average Bonchev–Trinajstić information content (AvgIpc) is 2.50. The number of hydrogen-bond acceptors (Lipinski definition) is 3. The number of carbonyl (C=O) groups excluding carboxylic acids is 1.